The van der Waals surface area contributed by atoms with Crippen molar-refractivity contribution in [3.63, 3.8) is 0 Å². The highest BCUT2D eigenvalue weighted by Crippen LogP contribution is 2.31. The molecule has 3 aromatic rings. The van der Waals surface area contributed by atoms with Crippen molar-refractivity contribution in [2.75, 3.05) is 26.2 Å². The van der Waals surface area contributed by atoms with Gasteiger partial charge in [0.15, 0.2) is 0 Å². The number of carbonyl (C=O) groups excluding carboxylic acids is 3. The highest BCUT2D eigenvalue weighted by Gasteiger charge is 2.36. The molecular weight excluding hydrogens is 597 g/mol. The van der Waals surface area contributed by atoms with E-state index in [2.05, 4.69) is 15.0 Å². The third-order valence-electron chi connectivity index (χ3n) is 7.06. The summed E-state index contributed by atoms with van der Waals surface area (Å²) >= 11 is 13.0. The molecule has 14 heteroatoms. The molecule has 1 aromatic carbocycles. The minimum Gasteiger partial charge on any atom is -0.350 e. The number of carbonyl (C=O) groups is 3. The number of nitrogens with one attached hydrogen (secondary N) is 2. The number of halogens is 2. The summed E-state index contributed by atoms with van der Waals surface area (Å²) in [5.74, 6) is -0.973. The molecule has 0 bridgehead atoms. The predicted molar refractivity (Wildman–Crippen MR) is 153 cm³/mol. The van der Waals surface area contributed by atoms with Crippen LogP contribution in [0.25, 0.3) is 10.1 Å². The van der Waals surface area contributed by atoms with Gasteiger partial charge >= 0.3 is 0 Å². The Morgan fingerprint density at radius 3 is 2.67 bits per heavy atom. The van der Waals surface area contributed by atoms with Gasteiger partial charge in [-0.1, -0.05) is 23.2 Å². The second kappa shape index (κ2) is 12.0. The smallest absolute Gasteiger partial charge is 0.251 e. The molecule has 2 N–H and O–H groups in total. The number of piperidine rings is 1. The van der Waals surface area contributed by atoms with Crippen molar-refractivity contribution in [1.29, 1.82) is 0 Å². The summed E-state index contributed by atoms with van der Waals surface area (Å²) in [5, 5.41) is 4.27. The molecule has 40 heavy (non-hydrogen) atoms. The average molecular weight is 625 g/mol. The topological polar surface area (TPSA) is 129 Å². The normalized spacial score (nSPS) is 19.8. The van der Waals surface area contributed by atoms with Crippen molar-refractivity contribution in [1.82, 2.24) is 24.8 Å². The van der Waals surface area contributed by atoms with Gasteiger partial charge in [-0.2, -0.15) is 4.72 Å². The largest absolute Gasteiger partial charge is 0.350 e. The van der Waals surface area contributed by atoms with Crippen LogP contribution in [-0.4, -0.2) is 79.2 Å². The van der Waals surface area contributed by atoms with E-state index in [0.717, 1.165) is 28.9 Å². The molecular formula is C26H27Cl2N5O5S2. The van der Waals surface area contributed by atoms with Gasteiger partial charge in [0.1, 0.15) is 15.4 Å². The Bertz CT molecular complexity index is 1560. The number of likely N-dealkylation sites (tertiary alicyclic amines) is 2. The van der Waals surface area contributed by atoms with E-state index >= 15 is 0 Å². The lowest BCUT2D eigenvalue weighted by atomic mass is 10.1. The number of sulfonamides is 1. The van der Waals surface area contributed by atoms with E-state index < -0.39 is 22.0 Å². The first-order valence-corrected chi connectivity index (χ1v) is 15.9. The van der Waals surface area contributed by atoms with Crippen molar-refractivity contribution in [3.05, 3.63) is 58.3 Å². The number of pyridine rings is 1. The summed E-state index contributed by atoms with van der Waals surface area (Å²) in [4.78, 5) is 45.9. The Hall–Kier alpha value is -2.77. The molecule has 3 amide bonds. The van der Waals surface area contributed by atoms with Crippen molar-refractivity contribution in [3.8, 4) is 0 Å². The van der Waals surface area contributed by atoms with Crippen molar-refractivity contribution in [2.45, 2.75) is 42.0 Å². The molecule has 0 aliphatic carbocycles. The number of thiophene rings is 1. The lowest BCUT2D eigenvalue weighted by molar-refractivity contribution is -0.143. The third-order valence-corrected chi connectivity index (χ3v) is 10.6. The monoisotopic (exact) mass is 623 g/mol. The van der Waals surface area contributed by atoms with Crippen LogP contribution in [0.3, 0.4) is 0 Å². The van der Waals surface area contributed by atoms with Crippen LogP contribution in [0.1, 0.15) is 36.0 Å². The summed E-state index contributed by atoms with van der Waals surface area (Å²) in [6.45, 7) is 1.00. The number of fused-ring (bicyclic) bond motifs is 1. The minimum atomic E-state index is -3.95. The van der Waals surface area contributed by atoms with Gasteiger partial charge in [-0.25, -0.2) is 13.4 Å². The molecule has 10 nitrogen and oxygen atoms in total. The molecule has 4 heterocycles. The molecule has 2 fully saturated rings. The zero-order chi connectivity index (χ0) is 28.4. The van der Waals surface area contributed by atoms with E-state index in [-0.39, 0.29) is 40.3 Å². The Labute approximate surface area is 245 Å². The summed E-state index contributed by atoms with van der Waals surface area (Å²) < 4.78 is 29.6. The molecule has 0 spiro atoms. The molecule has 0 saturated carbocycles. The third kappa shape index (κ3) is 6.41. The molecule has 0 radical (unpaired) electrons. The van der Waals surface area contributed by atoms with E-state index in [1.807, 2.05) is 0 Å². The Morgan fingerprint density at radius 1 is 1.07 bits per heavy atom. The van der Waals surface area contributed by atoms with Crippen LogP contribution in [0.4, 0.5) is 0 Å². The quantitative estimate of drug-likeness (QED) is 0.371. The first-order chi connectivity index (χ1) is 19.1. The first kappa shape index (κ1) is 28.7. The number of nitrogens with zero attached hydrogens (tertiary/aromatic N) is 3. The maximum absolute atomic E-state index is 13.2. The van der Waals surface area contributed by atoms with Crippen LogP contribution in [0, 0.1) is 0 Å². The lowest BCUT2D eigenvalue weighted by Gasteiger charge is -2.34. The van der Waals surface area contributed by atoms with E-state index in [0.29, 0.717) is 41.9 Å². The fourth-order valence-electron chi connectivity index (χ4n) is 5.06. The summed E-state index contributed by atoms with van der Waals surface area (Å²) in [5.41, 5.74) is 0.378. The van der Waals surface area contributed by atoms with E-state index in [4.69, 9.17) is 23.2 Å². The maximum atomic E-state index is 13.2. The number of hydrogen-bond acceptors (Lipinski definition) is 7. The zero-order valence-corrected chi connectivity index (χ0v) is 24.5. The van der Waals surface area contributed by atoms with Crippen LogP contribution in [0.2, 0.25) is 10.2 Å². The molecule has 212 valence electrons. The van der Waals surface area contributed by atoms with Crippen LogP contribution in [0.15, 0.2) is 46.8 Å². The molecule has 2 atom stereocenters. The van der Waals surface area contributed by atoms with Crippen LogP contribution < -0.4 is 10.0 Å². The lowest BCUT2D eigenvalue weighted by Crippen LogP contribution is -2.55. The summed E-state index contributed by atoms with van der Waals surface area (Å²) in [6, 6.07) is 8.55. The number of rotatable bonds is 8. The Kier molecular flexibility index (Phi) is 8.62. The maximum Gasteiger partial charge on any atom is 0.251 e. The van der Waals surface area contributed by atoms with Gasteiger partial charge in [0.2, 0.25) is 11.8 Å². The molecule has 2 aliphatic rings. The van der Waals surface area contributed by atoms with E-state index in [1.54, 1.807) is 35.2 Å². The Morgan fingerprint density at radius 2 is 1.88 bits per heavy atom. The molecule has 2 saturated heterocycles. The standard InChI is InChI=1S/C26H27Cl2N5O5S2/c27-18-5-6-21-17(11-18)13-24(39-21)40(37,38)31-20-4-2-9-32(26(20)36)15-23(34)33-10-1-3-19(33)14-30-25(35)16-7-8-29-22(28)12-16/h5-8,11-13,19-20,31H,1-4,9-10,14-15H2,(H,30,35)/t19-,20?/m0/s1. The summed E-state index contributed by atoms with van der Waals surface area (Å²) in [7, 11) is -3.95. The second-order valence-corrected chi connectivity index (χ2v) is 13.6. The van der Waals surface area contributed by atoms with Gasteiger partial charge in [-0.15, -0.1) is 11.3 Å². The number of aromatic nitrogens is 1. The van der Waals surface area contributed by atoms with Gasteiger partial charge in [-0.3, -0.25) is 14.4 Å². The first-order valence-electron chi connectivity index (χ1n) is 12.8. The second-order valence-electron chi connectivity index (χ2n) is 9.78. The molecule has 5 rings (SSSR count). The SMILES string of the molecule is O=C(NC[C@@H]1CCCN1C(=O)CN1CCCC(NS(=O)(=O)c2cc3cc(Cl)ccc3s2)C1=O)c1ccnc(Cl)c1. The highest BCUT2D eigenvalue weighted by atomic mass is 35.5. The average Bonchev–Trinajstić information content (AvgIpc) is 3.57. The van der Waals surface area contributed by atoms with Gasteiger partial charge in [0, 0.05) is 47.2 Å². The van der Waals surface area contributed by atoms with Crippen molar-refractivity contribution < 1.29 is 22.8 Å². The summed E-state index contributed by atoms with van der Waals surface area (Å²) in [6.07, 6.45) is 3.85. The Balaban J connectivity index is 1.19. The molecule has 1 unspecified atom stereocenters. The van der Waals surface area contributed by atoms with Crippen LogP contribution in [-0.2, 0) is 19.6 Å². The highest BCUT2D eigenvalue weighted by molar-refractivity contribution is 7.91. The van der Waals surface area contributed by atoms with E-state index in [9.17, 15) is 22.8 Å². The number of benzene rings is 1. The van der Waals surface area contributed by atoms with Gasteiger partial charge in [0.05, 0.1) is 6.54 Å². The van der Waals surface area contributed by atoms with Crippen LogP contribution in [0.5, 0.6) is 0 Å². The van der Waals surface area contributed by atoms with Gasteiger partial charge in [-0.05, 0) is 67.5 Å². The number of amides is 3. The fourth-order valence-corrected chi connectivity index (χ4v) is 8.03. The zero-order valence-electron chi connectivity index (χ0n) is 21.3. The van der Waals surface area contributed by atoms with Crippen LogP contribution >= 0.6 is 34.5 Å². The number of hydrogen-bond donors (Lipinski definition) is 2. The van der Waals surface area contributed by atoms with E-state index in [1.165, 1.54) is 17.2 Å². The molecule has 2 aliphatic heterocycles. The van der Waals surface area contributed by atoms with Crippen molar-refractivity contribution >= 4 is 72.4 Å². The van der Waals surface area contributed by atoms with Gasteiger partial charge in [0.25, 0.3) is 15.9 Å². The van der Waals surface area contributed by atoms with Crippen molar-refractivity contribution in [2.24, 2.45) is 0 Å². The minimum absolute atomic E-state index is 0.0989. The molecule has 2 aromatic heterocycles. The predicted octanol–water partition coefficient (Wildman–Crippen LogP) is 3.29. The van der Waals surface area contributed by atoms with Gasteiger partial charge < -0.3 is 15.1 Å². The fraction of sp³-hybridized carbons (Fsp3) is 0.385.